The van der Waals surface area contributed by atoms with Crippen LogP contribution in [-0.2, 0) is 11.3 Å². The molecule has 4 rings (SSSR count). The number of benzene rings is 1. The standard InChI is InChI=1S/C25H40N2O2/c1-24(2)21-9-11-25(24,3)23(17-21)29-16-10-22(28)19-27-14-12-26(13-15-27)18-20-7-5-4-6-8-20/h4-8,21-23,28H,9-19H2,1-3H3. The van der Waals surface area contributed by atoms with E-state index in [1.165, 1.54) is 24.8 Å². The molecule has 1 heterocycles. The number of hydrogen-bond donors (Lipinski definition) is 1. The number of nitrogens with zero attached hydrogens (tertiary/aromatic N) is 2. The predicted molar refractivity (Wildman–Crippen MR) is 118 cm³/mol. The van der Waals surface area contributed by atoms with Gasteiger partial charge in [0.25, 0.3) is 0 Å². The number of aliphatic hydroxyl groups excluding tert-OH is 1. The predicted octanol–water partition coefficient (Wildman–Crippen LogP) is 3.79. The van der Waals surface area contributed by atoms with E-state index in [2.05, 4.69) is 60.9 Å². The first-order valence-electron chi connectivity index (χ1n) is 11.7. The van der Waals surface area contributed by atoms with Crippen molar-refractivity contribution in [1.82, 2.24) is 9.80 Å². The molecule has 2 saturated carbocycles. The van der Waals surface area contributed by atoms with Crippen LogP contribution in [0.25, 0.3) is 0 Å². The molecule has 162 valence electrons. The number of ether oxygens (including phenoxy) is 1. The maximum absolute atomic E-state index is 10.5. The molecule has 1 N–H and O–H groups in total. The highest BCUT2D eigenvalue weighted by Gasteiger charge is 2.61. The second kappa shape index (κ2) is 8.66. The fourth-order valence-corrected chi connectivity index (χ4v) is 6.09. The van der Waals surface area contributed by atoms with Gasteiger partial charge in [0.2, 0.25) is 0 Å². The summed E-state index contributed by atoms with van der Waals surface area (Å²) in [6.07, 6.45) is 4.72. The molecule has 1 aromatic carbocycles. The Bertz CT molecular complexity index is 656. The maximum atomic E-state index is 10.5. The molecule has 4 nitrogen and oxygen atoms in total. The average Bonchev–Trinajstić information content (AvgIpc) is 3.04. The van der Waals surface area contributed by atoms with Crippen molar-refractivity contribution < 1.29 is 9.84 Å². The van der Waals surface area contributed by atoms with Gasteiger partial charge in [0.1, 0.15) is 0 Å². The van der Waals surface area contributed by atoms with E-state index >= 15 is 0 Å². The number of hydrogen-bond acceptors (Lipinski definition) is 4. The van der Waals surface area contributed by atoms with Gasteiger partial charge in [-0.15, -0.1) is 0 Å². The van der Waals surface area contributed by atoms with Crippen molar-refractivity contribution in [2.45, 2.75) is 65.2 Å². The van der Waals surface area contributed by atoms with E-state index in [4.69, 9.17) is 4.74 Å². The van der Waals surface area contributed by atoms with Gasteiger partial charge in [0.15, 0.2) is 0 Å². The molecule has 1 aliphatic heterocycles. The average molecular weight is 401 g/mol. The molecule has 2 bridgehead atoms. The molecular weight excluding hydrogens is 360 g/mol. The smallest absolute Gasteiger partial charge is 0.0689 e. The zero-order valence-corrected chi connectivity index (χ0v) is 18.6. The third-order valence-electron chi connectivity index (χ3n) is 8.67. The van der Waals surface area contributed by atoms with Crippen LogP contribution in [0.3, 0.4) is 0 Å². The molecule has 4 atom stereocenters. The van der Waals surface area contributed by atoms with E-state index in [9.17, 15) is 5.11 Å². The normalized spacial score (nSPS) is 33.2. The van der Waals surface area contributed by atoms with Gasteiger partial charge in [-0.05, 0) is 48.0 Å². The van der Waals surface area contributed by atoms with Gasteiger partial charge in [0, 0.05) is 45.9 Å². The second-order valence-corrected chi connectivity index (χ2v) is 10.5. The van der Waals surface area contributed by atoms with E-state index in [1.807, 2.05) is 0 Å². The summed E-state index contributed by atoms with van der Waals surface area (Å²) in [5.74, 6) is 0.814. The minimum atomic E-state index is -0.282. The molecule has 2 aliphatic carbocycles. The van der Waals surface area contributed by atoms with Crippen molar-refractivity contribution in [2.75, 3.05) is 39.3 Å². The Morgan fingerprint density at radius 2 is 1.76 bits per heavy atom. The molecule has 4 unspecified atom stereocenters. The lowest BCUT2D eigenvalue weighted by Crippen LogP contribution is -2.48. The van der Waals surface area contributed by atoms with Gasteiger partial charge in [-0.3, -0.25) is 9.80 Å². The van der Waals surface area contributed by atoms with Crippen LogP contribution < -0.4 is 0 Å². The SMILES string of the molecule is CC1(C)C2CCC1(C)C(OCCC(O)CN1CCN(Cc3ccccc3)CC1)C2. The number of β-amino-alcohol motifs (C(OH)–C–C–N with tert-alkyl or cyclic N) is 1. The van der Waals surface area contributed by atoms with Crippen LogP contribution in [0, 0.1) is 16.7 Å². The Balaban J connectivity index is 1.14. The highest BCUT2D eigenvalue weighted by molar-refractivity contribution is 5.14. The van der Waals surface area contributed by atoms with Crippen LogP contribution in [-0.4, -0.2) is 66.4 Å². The summed E-state index contributed by atoms with van der Waals surface area (Å²) in [6, 6.07) is 10.7. The number of piperazine rings is 1. The first-order chi connectivity index (χ1) is 13.9. The van der Waals surface area contributed by atoms with Crippen LogP contribution in [0.15, 0.2) is 30.3 Å². The summed E-state index contributed by atoms with van der Waals surface area (Å²) in [6.45, 7) is 14.0. The van der Waals surface area contributed by atoms with Crippen molar-refractivity contribution in [3.63, 3.8) is 0 Å². The topological polar surface area (TPSA) is 35.9 Å². The third kappa shape index (κ3) is 4.41. The first kappa shape index (κ1) is 21.3. The quantitative estimate of drug-likeness (QED) is 0.720. The van der Waals surface area contributed by atoms with Crippen LogP contribution in [0.2, 0.25) is 0 Å². The molecule has 3 aliphatic rings. The minimum Gasteiger partial charge on any atom is -0.392 e. The van der Waals surface area contributed by atoms with Crippen molar-refractivity contribution in [3.8, 4) is 0 Å². The Hall–Kier alpha value is -0.940. The van der Waals surface area contributed by atoms with Crippen LogP contribution in [0.4, 0.5) is 0 Å². The van der Waals surface area contributed by atoms with Crippen molar-refractivity contribution >= 4 is 0 Å². The Labute approximate surface area is 177 Å². The number of rotatable bonds is 8. The molecule has 0 radical (unpaired) electrons. The van der Waals surface area contributed by atoms with Crippen LogP contribution in [0.5, 0.6) is 0 Å². The minimum absolute atomic E-state index is 0.282. The van der Waals surface area contributed by atoms with Crippen molar-refractivity contribution in [1.29, 1.82) is 0 Å². The second-order valence-electron chi connectivity index (χ2n) is 10.5. The molecule has 0 aromatic heterocycles. The van der Waals surface area contributed by atoms with E-state index in [0.717, 1.165) is 51.6 Å². The summed E-state index contributed by atoms with van der Waals surface area (Å²) in [5.41, 5.74) is 2.10. The zero-order chi connectivity index (χ0) is 20.5. The van der Waals surface area contributed by atoms with E-state index in [-0.39, 0.29) is 6.10 Å². The van der Waals surface area contributed by atoms with Crippen LogP contribution in [0.1, 0.15) is 52.0 Å². The maximum Gasteiger partial charge on any atom is 0.0689 e. The lowest BCUT2D eigenvalue weighted by molar-refractivity contribution is -0.0570. The summed E-state index contributed by atoms with van der Waals surface area (Å²) in [7, 11) is 0. The molecular formula is C25H40N2O2. The summed E-state index contributed by atoms with van der Waals surface area (Å²) >= 11 is 0. The molecule has 29 heavy (non-hydrogen) atoms. The Morgan fingerprint density at radius 1 is 1.07 bits per heavy atom. The van der Waals surface area contributed by atoms with E-state index in [1.54, 1.807) is 0 Å². The zero-order valence-electron chi connectivity index (χ0n) is 18.6. The van der Waals surface area contributed by atoms with Gasteiger partial charge >= 0.3 is 0 Å². The largest absolute Gasteiger partial charge is 0.392 e. The summed E-state index contributed by atoms with van der Waals surface area (Å²) < 4.78 is 6.33. The Morgan fingerprint density at radius 3 is 2.38 bits per heavy atom. The molecule has 3 fully saturated rings. The highest BCUT2D eigenvalue weighted by Crippen LogP contribution is 2.66. The first-order valence-corrected chi connectivity index (χ1v) is 11.7. The fraction of sp³-hybridized carbons (Fsp3) is 0.760. The molecule has 4 heteroatoms. The summed E-state index contributed by atoms with van der Waals surface area (Å²) in [5, 5.41) is 10.5. The van der Waals surface area contributed by atoms with Crippen molar-refractivity contribution in [3.05, 3.63) is 35.9 Å². The molecule has 1 aromatic rings. The fourth-order valence-electron chi connectivity index (χ4n) is 6.09. The van der Waals surface area contributed by atoms with E-state index in [0.29, 0.717) is 23.5 Å². The molecule has 0 amide bonds. The summed E-state index contributed by atoms with van der Waals surface area (Å²) in [4.78, 5) is 4.92. The van der Waals surface area contributed by atoms with Gasteiger partial charge in [0.05, 0.1) is 12.2 Å². The lowest BCUT2D eigenvalue weighted by Gasteiger charge is -2.39. The lowest BCUT2D eigenvalue weighted by atomic mass is 9.70. The van der Waals surface area contributed by atoms with Gasteiger partial charge in [-0.25, -0.2) is 0 Å². The highest BCUT2D eigenvalue weighted by atomic mass is 16.5. The third-order valence-corrected chi connectivity index (χ3v) is 8.67. The Kier molecular flexibility index (Phi) is 6.36. The van der Waals surface area contributed by atoms with Gasteiger partial charge in [-0.2, -0.15) is 0 Å². The molecule has 1 saturated heterocycles. The monoisotopic (exact) mass is 400 g/mol. The van der Waals surface area contributed by atoms with Gasteiger partial charge in [-0.1, -0.05) is 51.1 Å². The van der Waals surface area contributed by atoms with Gasteiger partial charge < -0.3 is 9.84 Å². The number of fused-ring (bicyclic) bond motifs is 2. The molecule has 0 spiro atoms. The van der Waals surface area contributed by atoms with Crippen LogP contribution >= 0.6 is 0 Å². The number of aliphatic hydroxyl groups is 1. The van der Waals surface area contributed by atoms with Crippen molar-refractivity contribution in [2.24, 2.45) is 16.7 Å². The van der Waals surface area contributed by atoms with E-state index < -0.39 is 0 Å².